The predicted octanol–water partition coefficient (Wildman–Crippen LogP) is 5.67. The molecule has 0 radical (unpaired) electrons. The van der Waals surface area contributed by atoms with Gasteiger partial charge >= 0.3 is 5.69 Å². The summed E-state index contributed by atoms with van der Waals surface area (Å²) >= 11 is 0. The number of imidazole rings is 1. The third-order valence-electron chi connectivity index (χ3n) is 6.55. The van der Waals surface area contributed by atoms with E-state index in [1.54, 1.807) is 16.2 Å². The van der Waals surface area contributed by atoms with Gasteiger partial charge in [0.05, 0.1) is 16.7 Å². The smallest absolute Gasteiger partial charge is 0.295 e. The van der Waals surface area contributed by atoms with Crippen molar-refractivity contribution in [2.45, 2.75) is 26.2 Å². The van der Waals surface area contributed by atoms with Gasteiger partial charge in [0.2, 0.25) is 0 Å². The number of fused-ring (bicyclic) bond motifs is 2. The molecule has 2 aromatic carbocycles. The van der Waals surface area contributed by atoms with Crippen LogP contribution in [0.4, 0.5) is 0 Å². The van der Waals surface area contributed by atoms with Crippen molar-refractivity contribution in [2.75, 3.05) is 0 Å². The van der Waals surface area contributed by atoms with Crippen LogP contribution < -0.4 is 5.69 Å². The van der Waals surface area contributed by atoms with Gasteiger partial charge in [0.1, 0.15) is 0 Å². The molecule has 0 N–H and O–H groups in total. The predicted molar refractivity (Wildman–Crippen MR) is 131 cm³/mol. The second kappa shape index (κ2) is 7.75. The number of hydrogen-bond acceptors (Lipinski definition) is 3. The first-order valence-electron chi connectivity index (χ1n) is 11.0. The van der Waals surface area contributed by atoms with Crippen molar-refractivity contribution in [2.24, 2.45) is 14.1 Å². The normalized spacial score (nSPS) is 12.5. The van der Waals surface area contributed by atoms with E-state index in [4.69, 9.17) is 4.98 Å². The summed E-state index contributed by atoms with van der Waals surface area (Å²) in [5.74, 6) is 0.456. The third kappa shape index (κ3) is 3.21. The first kappa shape index (κ1) is 20.2. The highest BCUT2D eigenvalue weighted by Crippen LogP contribution is 2.32. The van der Waals surface area contributed by atoms with Gasteiger partial charge in [0.25, 0.3) is 0 Å². The fourth-order valence-corrected chi connectivity index (χ4v) is 4.31. The molecule has 5 aromatic rings. The maximum atomic E-state index is 12.3. The van der Waals surface area contributed by atoms with E-state index in [1.807, 2.05) is 25.5 Å². The maximum absolute atomic E-state index is 12.3. The Morgan fingerprint density at radius 2 is 1.66 bits per heavy atom. The molecule has 0 bridgehead atoms. The molecule has 0 fully saturated rings. The number of aromatic nitrogens is 4. The van der Waals surface area contributed by atoms with Crippen LogP contribution in [-0.4, -0.2) is 19.1 Å². The van der Waals surface area contributed by atoms with E-state index < -0.39 is 0 Å². The Bertz CT molecular complexity index is 1510. The van der Waals surface area contributed by atoms with Gasteiger partial charge in [-0.1, -0.05) is 38.1 Å². The lowest BCUT2D eigenvalue weighted by Gasteiger charge is -2.10. The Labute approximate surface area is 187 Å². The quantitative estimate of drug-likeness (QED) is 0.375. The second-order valence-corrected chi connectivity index (χ2v) is 8.48. The molecular formula is C27H26N4O. The Kier molecular flexibility index (Phi) is 4.89. The summed E-state index contributed by atoms with van der Waals surface area (Å²) in [4.78, 5) is 21.7. The molecule has 3 aromatic heterocycles. The molecule has 0 saturated carbocycles. The van der Waals surface area contributed by atoms with Crippen molar-refractivity contribution in [3.05, 3.63) is 83.2 Å². The van der Waals surface area contributed by atoms with Crippen molar-refractivity contribution in [3.63, 3.8) is 0 Å². The average molecular weight is 423 g/mol. The van der Waals surface area contributed by atoms with Crippen LogP contribution in [0.1, 0.15) is 31.9 Å². The highest BCUT2D eigenvalue weighted by atomic mass is 16.1. The number of nitrogens with zero attached hydrogens (tertiary/aromatic N) is 4. The fourth-order valence-electron chi connectivity index (χ4n) is 4.31. The first-order chi connectivity index (χ1) is 15.5. The lowest BCUT2D eigenvalue weighted by molar-refractivity contribution is 0.708. The van der Waals surface area contributed by atoms with Gasteiger partial charge in [0.15, 0.2) is 0 Å². The van der Waals surface area contributed by atoms with Gasteiger partial charge in [-0.3, -0.25) is 19.1 Å². The Morgan fingerprint density at radius 3 is 2.41 bits per heavy atom. The van der Waals surface area contributed by atoms with E-state index in [0.717, 1.165) is 56.3 Å². The van der Waals surface area contributed by atoms with Gasteiger partial charge in [-0.15, -0.1) is 0 Å². The third-order valence-corrected chi connectivity index (χ3v) is 6.55. The molecule has 0 saturated heterocycles. The van der Waals surface area contributed by atoms with Crippen LogP contribution in [0, 0.1) is 0 Å². The van der Waals surface area contributed by atoms with Crippen LogP contribution in [-0.2, 0) is 14.1 Å². The molecule has 0 spiro atoms. The molecule has 32 heavy (non-hydrogen) atoms. The van der Waals surface area contributed by atoms with Crippen molar-refractivity contribution in [3.8, 4) is 22.4 Å². The monoisotopic (exact) mass is 422 g/mol. The van der Waals surface area contributed by atoms with Gasteiger partial charge in [0, 0.05) is 43.1 Å². The Hall–Kier alpha value is -3.73. The standard InChI is InChI=1S/C27H26N4O/c1-5-17(2)23-11-9-20(15-28-23)24-13-18-7-6-8-21(22(18)16-29-24)19-10-12-25-26(14-19)31(4)27(32)30(25)3/h6-17H,5H2,1-4H3. The number of benzene rings is 2. The van der Waals surface area contributed by atoms with E-state index >= 15 is 0 Å². The summed E-state index contributed by atoms with van der Waals surface area (Å²) in [6, 6.07) is 18.8. The SMILES string of the molecule is CCC(C)c1ccc(-c2cc3cccc(-c4ccc5c(c4)n(C)c(=O)n5C)c3cn2)cn1. The van der Waals surface area contributed by atoms with Crippen LogP contribution in [0.5, 0.6) is 0 Å². The van der Waals surface area contributed by atoms with E-state index in [1.165, 1.54) is 0 Å². The summed E-state index contributed by atoms with van der Waals surface area (Å²) in [7, 11) is 3.62. The van der Waals surface area contributed by atoms with Crippen molar-refractivity contribution in [1.29, 1.82) is 0 Å². The zero-order chi connectivity index (χ0) is 22.4. The minimum absolute atomic E-state index is 0.0191. The largest absolute Gasteiger partial charge is 0.328 e. The molecule has 5 heteroatoms. The van der Waals surface area contributed by atoms with Crippen molar-refractivity contribution >= 4 is 21.8 Å². The molecule has 1 atom stereocenters. The van der Waals surface area contributed by atoms with Crippen LogP contribution in [0.2, 0.25) is 0 Å². The van der Waals surface area contributed by atoms with E-state index in [-0.39, 0.29) is 5.69 Å². The Morgan fingerprint density at radius 1 is 0.875 bits per heavy atom. The molecule has 5 rings (SSSR count). The molecule has 0 aliphatic carbocycles. The summed E-state index contributed by atoms with van der Waals surface area (Å²) in [6.45, 7) is 4.38. The molecule has 160 valence electrons. The molecule has 0 aliphatic heterocycles. The number of hydrogen-bond donors (Lipinski definition) is 0. The number of aryl methyl sites for hydroxylation is 2. The van der Waals surface area contributed by atoms with Gasteiger partial charge in [-0.25, -0.2) is 4.79 Å². The van der Waals surface area contributed by atoms with Gasteiger partial charge in [-0.05, 0) is 59.2 Å². The summed E-state index contributed by atoms with van der Waals surface area (Å²) < 4.78 is 3.37. The summed E-state index contributed by atoms with van der Waals surface area (Å²) in [6.07, 6.45) is 4.94. The van der Waals surface area contributed by atoms with Gasteiger partial charge in [-0.2, -0.15) is 0 Å². The molecule has 0 aliphatic rings. The Balaban J connectivity index is 1.59. The van der Waals surface area contributed by atoms with E-state index in [2.05, 4.69) is 67.4 Å². The second-order valence-electron chi connectivity index (χ2n) is 8.48. The van der Waals surface area contributed by atoms with Crippen molar-refractivity contribution < 1.29 is 0 Å². The molecular weight excluding hydrogens is 396 g/mol. The lowest BCUT2D eigenvalue weighted by atomic mass is 9.98. The number of rotatable bonds is 4. The fraction of sp³-hybridized carbons (Fsp3) is 0.222. The van der Waals surface area contributed by atoms with Crippen LogP contribution in [0.25, 0.3) is 44.2 Å². The summed E-state index contributed by atoms with van der Waals surface area (Å²) in [5.41, 5.74) is 7.05. The maximum Gasteiger partial charge on any atom is 0.328 e. The van der Waals surface area contributed by atoms with E-state index in [9.17, 15) is 4.79 Å². The van der Waals surface area contributed by atoms with Crippen molar-refractivity contribution in [1.82, 2.24) is 19.1 Å². The molecule has 1 unspecified atom stereocenters. The molecule has 5 nitrogen and oxygen atoms in total. The van der Waals surface area contributed by atoms with Crippen LogP contribution in [0.15, 0.2) is 71.8 Å². The average Bonchev–Trinajstić information content (AvgIpc) is 3.06. The lowest BCUT2D eigenvalue weighted by Crippen LogP contribution is -2.19. The van der Waals surface area contributed by atoms with Crippen LogP contribution >= 0.6 is 0 Å². The topological polar surface area (TPSA) is 52.7 Å². The molecule has 3 heterocycles. The minimum Gasteiger partial charge on any atom is -0.295 e. The molecule has 0 amide bonds. The van der Waals surface area contributed by atoms with Gasteiger partial charge < -0.3 is 0 Å². The highest BCUT2D eigenvalue weighted by molar-refractivity contribution is 5.99. The summed E-state index contributed by atoms with van der Waals surface area (Å²) in [5, 5.41) is 2.21. The number of pyridine rings is 2. The highest BCUT2D eigenvalue weighted by Gasteiger charge is 2.12. The first-order valence-corrected chi connectivity index (χ1v) is 11.0. The zero-order valence-corrected chi connectivity index (χ0v) is 18.8. The van der Waals surface area contributed by atoms with Crippen LogP contribution in [0.3, 0.4) is 0 Å². The van der Waals surface area contributed by atoms with E-state index in [0.29, 0.717) is 5.92 Å². The minimum atomic E-state index is -0.0191. The zero-order valence-electron chi connectivity index (χ0n) is 18.8.